The fourth-order valence-corrected chi connectivity index (χ4v) is 3.36. The quantitative estimate of drug-likeness (QED) is 0.191. The van der Waals surface area contributed by atoms with Crippen molar-refractivity contribution in [3.63, 3.8) is 0 Å². The average Bonchev–Trinajstić information content (AvgIpc) is 2.83. The Morgan fingerprint density at radius 3 is 1.41 bits per heavy atom. The second kappa shape index (κ2) is 11.4. The van der Waals surface area contributed by atoms with Crippen LogP contribution in [0.25, 0.3) is 24.3 Å². The second-order valence-corrected chi connectivity index (χ2v) is 7.09. The average molecular weight is 460 g/mol. The summed E-state index contributed by atoms with van der Waals surface area (Å²) in [5, 5.41) is 23.3. The minimum absolute atomic E-state index is 0.236. The number of nitro groups is 2. The number of nitro benzene ring substituents is 2. The molecule has 0 saturated carbocycles. The van der Waals surface area contributed by atoms with Crippen LogP contribution in [-0.2, 0) is 0 Å². The van der Waals surface area contributed by atoms with E-state index in [0.29, 0.717) is 24.7 Å². The molecule has 0 aliphatic heterocycles. The molecule has 0 bridgehead atoms. The van der Waals surface area contributed by atoms with Gasteiger partial charge in [0, 0.05) is 11.1 Å². The number of nitrogens with zero attached hydrogens (tertiary/aromatic N) is 2. The summed E-state index contributed by atoms with van der Waals surface area (Å²) in [6.07, 6.45) is 6.50. The molecule has 8 heteroatoms. The molecule has 34 heavy (non-hydrogen) atoms. The fraction of sp³-hybridized carbons (Fsp3) is 0.154. The summed E-state index contributed by atoms with van der Waals surface area (Å²) in [6.45, 7) is 4.68. The molecular formula is C26H24N2O6. The zero-order valence-electron chi connectivity index (χ0n) is 18.8. The van der Waals surface area contributed by atoms with Gasteiger partial charge in [-0.2, -0.15) is 0 Å². The predicted molar refractivity (Wildman–Crippen MR) is 133 cm³/mol. The predicted octanol–water partition coefficient (Wildman–Crippen LogP) is 6.64. The lowest BCUT2D eigenvalue weighted by Gasteiger charge is -2.07. The molecule has 8 nitrogen and oxygen atoms in total. The lowest BCUT2D eigenvalue weighted by atomic mass is 10.0. The van der Waals surface area contributed by atoms with Crippen LogP contribution >= 0.6 is 0 Å². The van der Waals surface area contributed by atoms with Crippen molar-refractivity contribution in [2.75, 3.05) is 13.2 Å². The smallest absolute Gasteiger partial charge is 0.283 e. The van der Waals surface area contributed by atoms with Crippen LogP contribution in [0, 0.1) is 20.2 Å². The number of para-hydroxylation sites is 2. The van der Waals surface area contributed by atoms with Crippen LogP contribution in [0.5, 0.6) is 11.5 Å². The van der Waals surface area contributed by atoms with Crippen molar-refractivity contribution >= 4 is 35.7 Å². The molecule has 0 aromatic heterocycles. The minimum Gasteiger partial charge on any atom is -0.493 e. The Balaban J connectivity index is 2.08. The van der Waals surface area contributed by atoms with Gasteiger partial charge in [0.2, 0.25) is 0 Å². The summed E-state index contributed by atoms with van der Waals surface area (Å²) >= 11 is 0. The lowest BCUT2D eigenvalue weighted by molar-refractivity contribution is -0.394. The Morgan fingerprint density at radius 2 is 1.03 bits per heavy atom. The van der Waals surface area contributed by atoms with E-state index >= 15 is 0 Å². The number of hydrogen-bond acceptors (Lipinski definition) is 6. The highest BCUT2D eigenvalue weighted by Gasteiger charge is 2.22. The van der Waals surface area contributed by atoms with Gasteiger partial charge in [-0.1, -0.05) is 48.6 Å². The zero-order valence-corrected chi connectivity index (χ0v) is 18.8. The molecule has 3 aromatic carbocycles. The summed E-state index contributed by atoms with van der Waals surface area (Å²) < 4.78 is 11.2. The van der Waals surface area contributed by atoms with Crippen LogP contribution in [0.15, 0.2) is 60.7 Å². The van der Waals surface area contributed by atoms with Crippen molar-refractivity contribution in [3.8, 4) is 11.5 Å². The third-order valence-corrected chi connectivity index (χ3v) is 4.89. The number of ether oxygens (including phenoxy) is 2. The van der Waals surface area contributed by atoms with E-state index in [9.17, 15) is 20.2 Å². The Labute approximate surface area is 197 Å². The second-order valence-electron chi connectivity index (χ2n) is 7.09. The lowest BCUT2D eigenvalue weighted by Crippen LogP contribution is -1.98. The topological polar surface area (TPSA) is 105 Å². The molecule has 0 amide bonds. The number of hydrogen-bond donors (Lipinski definition) is 0. The maximum atomic E-state index is 11.7. The van der Waals surface area contributed by atoms with Crippen molar-refractivity contribution in [2.24, 2.45) is 0 Å². The van der Waals surface area contributed by atoms with E-state index in [1.54, 1.807) is 36.4 Å². The molecule has 0 unspecified atom stereocenters. The van der Waals surface area contributed by atoms with Crippen LogP contribution in [0.1, 0.15) is 36.1 Å². The first-order valence-corrected chi connectivity index (χ1v) is 10.7. The fourth-order valence-electron chi connectivity index (χ4n) is 3.36. The van der Waals surface area contributed by atoms with Gasteiger partial charge in [-0.3, -0.25) is 20.2 Å². The molecule has 0 heterocycles. The van der Waals surface area contributed by atoms with Gasteiger partial charge in [0.05, 0.1) is 40.3 Å². The number of rotatable bonds is 10. The van der Waals surface area contributed by atoms with E-state index in [1.807, 2.05) is 50.2 Å². The van der Waals surface area contributed by atoms with Gasteiger partial charge < -0.3 is 9.47 Å². The van der Waals surface area contributed by atoms with Crippen molar-refractivity contribution in [3.05, 3.63) is 103 Å². The minimum atomic E-state index is -0.626. The standard InChI is InChI=1S/C26H24N2O6/c1-3-33-25-11-7-5-9-19(25)13-15-21-17-22(24(28(31)32)18-23(21)27(29)30)16-14-20-10-6-8-12-26(20)34-4-2/h5-18H,3-4H2,1-2H3/b15-13-,16-14+. The molecule has 0 saturated heterocycles. The highest BCUT2D eigenvalue weighted by molar-refractivity contribution is 5.83. The Hall–Kier alpha value is -4.46. The third kappa shape index (κ3) is 5.86. The molecule has 0 aliphatic rings. The molecule has 0 N–H and O–H groups in total. The highest BCUT2D eigenvalue weighted by Crippen LogP contribution is 2.33. The van der Waals surface area contributed by atoms with E-state index in [-0.39, 0.29) is 22.5 Å². The number of benzene rings is 3. The van der Waals surface area contributed by atoms with E-state index in [2.05, 4.69) is 0 Å². The Kier molecular flexibility index (Phi) is 8.12. The maximum absolute atomic E-state index is 11.7. The maximum Gasteiger partial charge on any atom is 0.283 e. The van der Waals surface area contributed by atoms with Crippen molar-refractivity contribution in [1.29, 1.82) is 0 Å². The van der Waals surface area contributed by atoms with Gasteiger partial charge in [0.15, 0.2) is 0 Å². The first-order chi connectivity index (χ1) is 16.4. The molecule has 0 aliphatic carbocycles. The van der Waals surface area contributed by atoms with Crippen LogP contribution in [0.4, 0.5) is 11.4 Å². The van der Waals surface area contributed by atoms with Crippen molar-refractivity contribution in [2.45, 2.75) is 13.8 Å². The van der Waals surface area contributed by atoms with Gasteiger partial charge in [-0.25, -0.2) is 0 Å². The normalized spacial score (nSPS) is 11.1. The van der Waals surface area contributed by atoms with Crippen LogP contribution < -0.4 is 9.47 Å². The summed E-state index contributed by atoms with van der Waals surface area (Å²) in [6, 6.07) is 17.0. The largest absolute Gasteiger partial charge is 0.493 e. The molecular weight excluding hydrogens is 436 g/mol. The highest BCUT2D eigenvalue weighted by atomic mass is 16.6. The van der Waals surface area contributed by atoms with Gasteiger partial charge >= 0.3 is 0 Å². The molecule has 3 aromatic rings. The summed E-state index contributed by atoms with van der Waals surface area (Å²) in [5.41, 5.74) is 1.23. The van der Waals surface area contributed by atoms with E-state index in [1.165, 1.54) is 6.07 Å². The third-order valence-electron chi connectivity index (χ3n) is 4.89. The Bertz CT molecular complexity index is 1160. The van der Waals surface area contributed by atoms with Crippen molar-refractivity contribution < 1.29 is 19.3 Å². The van der Waals surface area contributed by atoms with Gasteiger partial charge in [-0.05, 0) is 44.2 Å². The van der Waals surface area contributed by atoms with Crippen LogP contribution in [0.3, 0.4) is 0 Å². The van der Waals surface area contributed by atoms with Crippen LogP contribution in [-0.4, -0.2) is 23.1 Å². The van der Waals surface area contributed by atoms with E-state index < -0.39 is 9.85 Å². The van der Waals surface area contributed by atoms with E-state index in [0.717, 1.165) is 17.2 Å². The zero-order chi connectivity index (χ0) is 24.5. The van der Waals surface area contributed by atoms with Gasteiger partial charge in [0.25, 0.3) is 11.4 Å². The van der Waals surface area contributed by atoms with Crippen molar-refractivity contribution in [1.82, 2.24) is 0 Å². The van der Waals surface area contributed by atoms with Gasteiger partial charge in [0.1, 0.15) is 11.5 Å². The monoisotopic (exact) mass is 460 g/mol. The molecule has 0 atom stereocenters. The van der Waals surface area contributed by atoms with E-state index in [4.69, 9.17) is 9.47 Å². The SMILES string of the molecule is CCOc1ccccc1/C=C\c1cc(/C=C/c2ccccc2OCC)c([N+](=O)[O-])cc1[N+](=O)[O-]. The molecule has 0 fully saturated rings. The first kappa shape index (κ1) is 24.2. The van der Waals surface area contributed by atoms with Gasteiger partial charge in [-0.15, -0.1) is 0 Å². The molecule has 0 spiro atoms. The summed E-state index contributed by atoms with van der Waals surface area (Å²) in [5.74, 6) is 1.27. The summed E-state index contributed by atoms with van der Waals surface area (Å²) in [4.78, 5) is 22.1. The first-order valence-electron chi connectivity index (χ1n) is 10.7. The molecule has 174 valence electrons. The molecule has 3 rings (SSSR count). The Morgan fingerprint density at radius 1 is 0.647 bits per heavy atom. The summed E-state index contributed by atoms with van der Waals surface area (Å²) in [7, 11) is 0. The van der Waals surface area contributed by atoms with Crippen LogP contribution in [0.2, 0.25) is 0 Å². The molecule has 0 radical (unpaired) electrons.